The number of hydrogen-bond acceptors (Lipinski definition) is 3. The zero-order valence-corrected chi connectivity index (χ0v) is 12.3. The molecule has 0 aliphatic carbocycles. The maximum Gasteiger partial charge on any atom is 0.223 e. The van der Waals surface area contributed by atoms with Crippen LogP contribution in [0.2, 0.25) is 0 Å². The number of aromatic nitrogens is 2. The monoisotopic (exact) mass is 306 g/mol. The Morgan fingerprint density at radius 1 is 1.17 bits per heavy atom. The molecule has 2 aromatic rings. The van der Waals surface area contributed by atoms with Gasteiger partial charge in [-0.15, -0.1) is 0 Å². The highest BCUT2D eigenvalue weighted by Gasteiger charge is 2.06. The number of aryl methyl sites for hydroxylation is 3. The summed E-state index contributed by atoms with van der Waals surface area (Å²) in [6.07, 6.45) is 0.780. The minimum atomic E-state index is 0.572. The average Bonchev–Trinajstić information content (AvgIpc) is 2.33. The molecule has 0 bridgehead atoms. The Morgan fingerprint density at radius 2 is 1.94 bits per heavy atom. The first kappa shape index (κ1) is 13.0. The molecule has 0 aliphatic rings. The molecule has 0 N–H and O–H groups in total. The molecular weight excluding hydrogens is 292 g/mol. The van der Waals surface area contributed by atoms with Crippen molar-refractivity contribution in [1.29, 1.82) is 0 Å². The van der Waals surface area contributed by atoms with Crippen LogP contribution in [0.15, 0.2) is 28.9 Å². The molecule has 2 rings (SSSR count). The number of halogens is 1. The molecule has 1 aromatic carbocycles. The summed E-state index contributed by atoms with van der Waals surface area (Å²) >= 11 is 3.37. The maximum atomic E-state index is 5.83. The van der Waals surface area contributed by atoms with E-state index in [9.17, 15) is 0 Å². The van der Waals surface area contributed by atoms with Crippen LogP contribution in [0.1, 0.15) is 23.9 Å². The van der Waals surface area contributed by atoms with Crippen LogP contribution >= 0.6 is 15.9 Å². The zero-order chi connectivity index (χ0) is 13.1. The fourth-order valence-corrected chi connectivity index (χ4v) is 1.98. The number of benzene rings is 1. The Labute approximate surface area is 115 Å². The van der Waals surface area contributed by atoms with Crippen LogP contribution in [0, 0.1) is 13.8 Å². The number of rotatable bonds is 3. The topological polar surface area (TPSA) is 35.0 Å². The van der Waals surface area contributed by atoms with Crippen molar-refractivity contribution in [3.63, 3.8) is 0 Å². The number of ether oxygens (including phenoxy) is 1. The van der Waals surface area contributed by atoms with E-state index in [0.29, 0.717) is 5.88 Å². The smallest absolute Gasteiger partial charge is 0.223 e. The fraction of sp³-hybridized carbons (Fsp3) is 0.286. The molecular formula is C14H15BrN2O. The summed E-state index contributed by atoms with van der Waals surface area (Å²) in [7, 11) is 0. The van der Waals surface area contributed by atoms with E-state index in [2.05, 4.69) is 32.0 Å². The summed E-state index contributed by atoms with van der Waals surface area (Å²) in [4.78, 5) is 8.61. The fourth-order valence-electron chi connectivity index (χ4n) is 1.58. The summed E-state index contributed by atoms with van der Waals surface area (Å²) in [5, 5.41) is 0. The van der Waals surface area contributed by atoms with Crippen LogP contribution < -0.4 is 4.74 Å². The minimum absolute atomic E-state index is 0.572. The lowest BCUT2D eigenvalue weighted by atomic mass is 10.1. The minimum Gasteiger partial charge on any atom is -0.439 e. The van der Waals surface area contributed by atoms with Crippen LogP contribution in [0.25, 0.3) is 0 Å². The lowest BCUT2D eigenvalue weighted by molar-refractivity contribution is 0.454. The van der Waals surface area contributed by atoms with Crippen LogP contribution in [0.4, 0.5) is 0 Å². The SMILES string of the molecule is CCc1nc(Br)cc(Oc2cc(C)ccc2C)n1. The van der Waals surface area contributed by atoms with E-state index in [0.717, 1.165) is 28.2 Å². The molecule has 0 radical (unpaired) electrons. The van der Waals surface area contributed by atoms with Gasteiger partial charge in [0.2, 0.25) is 5.88 Å². The van der Waals surface area contributed by atoms with Gasteiger partial charge in [-0.1, -0.05) is 19.1 Å². The van der Waals surface area contributed by atoms with Crippen molar-refractivity contribution in [3.05, 3.63) is 45.8 Å². The summed E-state index contributed by atoms with van der Waals surface area (Å²) in [6.45, 7) is 6.08. The van der Waals surface area contributed by atoms with Gasteiger partial charge in [0.25, 0.3) is 0 Å². The second-order valence-electron chi connectivity index (χ2n) is 4.17. The Kier molecular flexibility index (Phi) is 3.97. The molecule has 1 heterocycles. The Bertz CT molecular complexity index is 570. The molecule has 1 aromatic heterocycles. The van der Waals surface area contributed by atoms with Crippen molar-refractivity contribution in [2.75, 3.05) is 0 Å². The van der Waals surface area contributed by atoms with E-state index in [-0.39, 0.29) is 0 Å². The lowest BCUT2D eigenvalue weighted by Crippen LogP contribution is -1.97. The van der Waals surface area contributed by atoms with Gasteiger partial charge in [-0.25, -0.2) is 4.98 Å². The molecule has 18 heavy (non-hydrogen) atoms. The van der Waals surface area contributed by atoms with Crippen molar-refractivity contribution < 1.29 is 4.74 Å². The normalized spacial score (nSPS) is 10.4. The van der Waals surface area contributed by atoms with Crippen molar-refractivity contribution in [2.45, 2.75) is 27.2 Å². The maximum absolute atomic E-state index is 5.83. The van der Waals surface area contributed by atoms with Crippen LogP contribution in [-0.2, 0) is 6.42 Å². The van der Waals surface area contributed by atoms with E-state index < -0.39 is 0 Å². The van der Waals surface area contributed by atoms with E-state index in [1.165, 1.54) is 5.56 Å². The first-order valence-electron chi connectivity index (χ1n) is 5.87. The predicted molar refractivity (Wildman–Crippen MR) is 75.1 cm³/mol. The average molecular weight is 307 g/mol. The van der Waals surface area contributed by atoms with E-state index in [4.69, 9.17) is 4.74 Å². The van der Waals surface area contributed by atoms with Gasteiger partial charge in [0.15, 0.2) is 0 Å². The molecule has 0 aliphatic heterocycles. The molecule has 0 fully saturated rings. The lowest BCUT2D eigenvalue weighted by Gasteiger charge is -2.09. The first-order chi connectivity index (χ1) is 8.58. The van der Waals surface area contributed by atoms with Crippen LogP contribution in [-0.4, -0.2) is 9.97 Å². The third kappa shape index (κ3) is 3.07. The van der Waals surface area contributed by atoms with Gasteiger partial charge in [0.1, 0.15) is 16.2 Å². The second-order valence-corrected chi connectivity index (χ2v) is 4.98. The standard InChI is InChI=1S/C14H15BrN2O/c1-4-13-16-12(15)8-14(17-13)18-11-7-9(2)5-6-10(11)3/h5-8H,4H2,1-3H3. The van der Waals surface area contributed by atoms with E-state index >= 15 is 0 Å². The molecule has 0 saturated heterocycles. The van der Waals surface area contributed by atoms with E-state index in [1.807, 2.05) is 32.9 Å². The highest BCUT2D eigenvalue weighted by atomic mass is 79.9. The van der Waals surface area contributed by atoms with Crippen LogP contribution in [0.3, 0.4) is 0 Å². The van der Waals surface area contributed by atoms with Crippen molar-refractivity contribution in [3.8, 4) is 11.6 Å². The second kappa shape index (κ2) is 5.48. The summed E-state index contributed by atoms with van der Waals surface area (Å²) in [6, 6.07) is 7.90. The van der Waals surface area contributed by atoms with Crippen molar-refractivity contribution in [1.82, 2.24) is 9.97 Å². The quantitative estimate of drug-likeness (QED) is 0.797. The molecule has 94 valence electrons. The van der Waals surface area contributed by atoms with Gasteiger partial charge in [0.05, 0.1) is 0 Å². The molecule has 0 atom stereocenters. The van der Waals surface area contributed by atoms with Gasteiger partial charge < -0.3 is 4.74 Å². The molecule has 0 unspecified atom stereocenters. The Balaban J connectivity index is 2.33. The molecule has 0 saturated carbocycles. The molecule has 0 spiro atoms. The predicted octanol–water partition coefficient (Wildman–Crippen LogP) is 4.21. The third-order valence-corrected chi connectivity index (χ3v) is 3.00. The summed E-state index contributed by atoms with van der Waals surface area (Å²) in [5.74, 6) is 2.18. The largest absolute Gasteiger partial charge is 0.439 e. The molecule has 0 amide bonds. The van der Waals surface area contributed by atoms with Gasteiger partial charge in [-0.05, 0) is 47.0 Å². The highest BCUT2D eigenvalue weighted by Crippen LogP contribution is 2.26. The number of hydrogen-bond donors (Lipinski definition) is 0. The van der Waals surface area contributed by atoms with Gasteiger partial charge in [-0.2, -0.15) is 4.98 Å². The van der Waals surface area contributed by atoms with E-state index in [1.54, 1.807) is 6.07 Å². The summed E-state index contributed by atoms with van der Waals surface area (Å²) < 4.78 is 6.58. The highest BCUT2D eigenvalue weighted by molar-refractivity contribution is 9.10. The molecule has 4 heteroatoms. The van der Waals surface area contributed by atoms with Gasteiger partial charge in [-0.3, -0.25) is 0 Å². The molecule has 3 nitrogen and oxygen atoms in total. The summed E-state index contributed by atoms with van der Waals surface area (Å²) in [5.41, 5.74) is 2.26. The van der Waals surface area contributed by atoms with Crippen molar-refractivity contribution in [2.24, 2.45) is 0 Å². The van der Waals surface area contributed by atoms with Crippen LogP contribution in [0.5, 0.6) is 11.6 Å². The van der Waals surface area contributed by atoms with Crippen molar-refractivity contribution >= 4 is 15.9 Å². The Hall–Kier alpha value is -1.42. The van der Waals surface area contributed by atoms with Gasteiger partial charge in [0, 0.05) is 12.5 Å². The first-order valence-corrected chi connectivity index (χ1v) is 6.66. The zero-order valence-electron chi connectivity index (χ0n) is 10.7. The van der Waals surface area contributed by atoms with Gasteiger partial charge >= 0.3 is 0 Å². The Morgan fingerprint density at radius 3 is 2.67 bits per heavy atom. The third-order valence-electron chi connectivity index (χ3n) is 2.59. The number of nitrogens with zero attached hydrogens (tertiary/aromatic N) is 2.